The van der Waals surface area contributed by atoms with Crippen LogP contribution in [0.4, 0.5) is 13.2 Å². The van der Waals surface area contributed by atoms with Crippen LogP contribution in [-0.4, -0.2) is 6.61 Å². The number of rotatable bonds is 7. The fraction of sp³-hybridized carbons (Fsp3) is 0.333. The van der Waals surface area contributed by atoms with Gasteiger partial charge in [0.1, 0.15) is 11.6 Å². The van der Waals surface area contributed by atoms with Crippen LogP contribution in [0.3, 0.4) is 0 Å². The summed E-state index contributed by atoms with van der Waals surface area (Å²) in [4.78, 5) is 0. The zero-order chi connectivity index (χ0) is 22.5. The fourth-order valence-electron chi connectivity index (χ4n) is 4.01. The topological polar surface area (TPSA) is 9.23 Å². The molecule has 0 amide bonds. The van der Waals surface area contributed by atoms with Gasteiger partial charge >= 0.3 is 0 Å². The fourth-order valence-corrected chi connectivity index (χ4v) is 4.01. The van der Waals surface area contributed by atoms with Gasteiger partial charge in [0.2, 0.25) is 0 Å². The van der Waals surface area contributed by atoms with Gasteiger partial charge in [0.25, 0.3) is 0 Å². The Morgan fingerprint density at radius 2 is 1.65 bits per heavy atom. The lowest BCUT2D eigenvalue weighted by molar-refractivity contribution is 0.145. The van der Waals surface area contributed by atoms with E-state index in [1.165, 1.54) is 6.08 Å². The van der Waals surface area contributed by atoms with Gasteiger partial charge in [-0.05, 0) is 68.1 Å². The van der Waals surface area contributed by atoms with Crippen LogP contribution < -0.4 is 0 Å². The maximum absolute atomic E-state index is 14.9. The summed E-state index contributed by atoms with van der Waals surface area (Å²) in [7, 11) is 0. The van der Waals surface area contributed by atoms with Crippen molar-refractivity contribution < 1.29 is 17.9 Å². The van der Waals surface area contributed by atoms with Crippen LogP contribution in [0, 0.1) is 24.5 Å². The molecule has 0 saturated heterocycles. The van der Waals surface area contributed by atoms with E-state index in [0.717, 1.165) is 31.2 Å². The van der Waals surface area contributed by atoms with Crippen molar-refractivity contribution in [2.75, 3.05) is 6.61 Å². The minimum atomic E-state index is -0.783. The molecule has 1 aliphatic carbocycles. The van der Waals surface area contributed by atoms with Crippen molar-refractivity contribution in [3.05, 3.63) is 95.6 Å². The van der Waals surface area contributed by atoms with Crippen molar-refractivity contribution in [2.24, 2.45) is 5.92 Å². The van der Waals surface area contributed by atoms with Crippen molar-refractivity contribution in [2.45, 2.75) is 45.4 Å². The van der Waals surface area contributed by atoms with E-state index >= 15 is 0 Å². The van der Waals surface area contributed by atoms with Crippen LogP contribution in [0.15, 0.2) is 72.8 Å². The summed E-state index contributed by atoms with van der Waals surface area (Å²) in [6.45, 7) is 11.2. The van der Waals surface area contributed by atoms with Crippen LogP contribution in [0.25, 0.3) is 11.1 Å². The Morgan fingerprint density at radius 3 is 2.26 bits per heavy atom. The first-order valence-corrected chi connectivity index (χ1v) is 10.7. The summed E-state index contributed by atoms with van der Waals surface area (Å²) in [6, 6.07) is 10.8. The van der Waals surface area contributed by atoms with E-state index in [0.29, 0.717) is 23.3 Å². The highest BCUT2D eigenvalue weighted by Crippen LogP contribution is 2.39. The summed E-state index contributed by atoms with van der Waals surface area (Å²) < 4.78 is 48.8. The minimum Gasteiger partial charge on any atom is -0.494 e. The quantitative estimate of drug-likeness (QED) is 0.320. The molecule has 4 heteroatoms. The van der Waals surface area contributed by atoms with Crippen LogP contribution in [0.5, 0.6) is 0 Å². The second-order valence-corrected chi connectivity index (χ2v) is 8.46. The van der Waals surface area contributed by atoms with Crippen molar-refractivity contribution in [1.29, 1.82) is 0 Å². The summed E-state index contributed by atoms with van der Waals surface area (Å²) in [5.41, 5.74) is 2.81. The van der Waals surface area contributed by atoms with E-state index in [4.69, 9.17) is 4.74 Å². The molecule has 1 fully saturated rings. The van der Waals surface area contributed by atoms with Crippen molar-refractivity contribution in [1.82, 2.24) is 0 Å². The van der Waals surface area contributed by atoms with Crippen LogP contribution in [0.1, 0.15) is 49.7 Å². The monoisotopic (exact) mass is 426 g/mol. The van der Waals surface area contributed by atoms with Gasteiger partial charge in [0.15, 0.2) is 11.6 Å². The van der Waals surface area contributed by atoms with Crippen LogP contribution in [-0.2, 0) is 4.74 Å². The average Bonchev–Trinajstić information content (AvgIpc) is 2.75. The van der Waals surface area contributed by atoms with Crippen LogP contribution in [0.2, 0.25) is 0 Å². The van der Waals surface area contributed by atoms with Gasteiger partial charge in [-0.2, -0.15) is 0 Å². The Balaban J connectivity index is 1.60. The van der Waals surface area contributed by atoms with Crippen molar-refractivity contribution in [3.8, 4) is 11.1 Å². The molecule has 0 aromatic heterocycles. The smallest absolute Gasteiger partial charge is 0.166 e. The molecule has 2 aromatic carbocycles. The molecular weight excluding hydrogens is 397 g/mol. The molecule has 0 bridgehead atoms. The Bertz CT molecular complexity index is 980. The Labute approximate surface area is 182 Å². The molecule has 1 saturated carbocycles. The molecule has 0 heterocycles. The Morgan fingerprint density at radius 1 is 1.00 bits per heavy atom. The Hall–Kier alpha value is -2.75. The first-order valence-electron chi connectivity index (χ1n) is 10.7. The predicted octanol–water partition coefficient (Wildman–Crippen LogP) is 8.17. The molecule has 0 radical (unpaired) electrons. The number of benzene rings is 2. The van der Waals surface area contributed by atoms with E-state index in [2.05, 4.69) is 13.2 Å². The third-order valence-corrected chi connectivity index (χ3v) is 5.96. The minimum absolute atomic E-state index is 0.0122. The molecule has 0 spiro atoms. The summed E-state index contributed by atoms with van der Waals surface area (Å²) in [6.07, 6.45) is 4.44. The van der Waals surface area contributed by atoms with Crippen LogP contribution >= 0.6 is 0 Å². The normalized spacial score (nSPS) is 19.2. The maximum atomic E-state index is 14.9. The molecule has 0 aliphatic heterocycles. The van der Waals surface area contributed by atoms with Gasteiger partial charge in [-0.25, -0.2) is 13.2 Å². The number of allylic oxidation sites excluding steroid dienone is 3. The van der Waals surface area contributed by atoms with E-state index in [1.54, 1.807) is 19.1 Å². The van der Waals surface area contributed by atoms with Gasteiger partial charge in [0, 0.05) is 11.6 Å². The Kier molecular flexibility index (Phi) is 7.42. The summed E-state index contributed by atoms with van der Waals surface area (Å²) in [5.74, 6) is -1.43. The number of ether oxygens (including phenoxy) is 1. The lowest BCUT2D eigenvalue weighted by Gasteiger charge is -2.29. The van der Waals surface area contributed by atoms with Gasteiger partial charge < -0.3 is 4.74 Å². The lowest BCUT2D eigenvalue weighted by Crippen LogP contribution is -2.18. The van der Waals surface area contributed by atoms with E-state index in [9.17, 15) is 13.2 Å². The van der Waals surface area contributed by atoms with E-state index < -0.39 is 17.5 Å². The lowest BCUT2D eigenvalue weighted by atomic mass is 9.78. The molecule has 164 valence electrons. The van der Waals surface area contributed by atoms with E-state index in [-0.39, 0.29) is 23.2 Å². The molecule has 0 N–H and O–H groups in total. The number of hydrogen-bond donors (Lipinski definition) is 0. The van der Waals surface area contributed by atoms with Gasteiger partial charge in [-0.3, -0.25) is 0 Å². The maximum Gasteiger partial charge on any atom is 0.166 e. The molecule has 1 aliphatic rings. The molecular formula is C27H29F3O. The molecule has 3 rings (SSSR count). The molecule has 0 unspecified atom stereocenters. The van der Waals surface area contributed by atoms with Gasteiger partial charge in [-0.1, -0.05) is 55.1 Å². The molecule has 2 aromatic rings. The number of hydrogen-bond acceptors (Lipinski definition) is 1. The third kappa shape index (κ3) is 5.69. The van der Waals surface area contributed by atoms with E-state index in [1.807, 2.05) is 31.2 Å². The average molecular weight is 427 g/mol. The predicted molar refractivity (Wildman–Crippen MR) is 120 cm³/mol. The highest BCUT2D eigenvalue weighted by atomic mass is 19.2. The summed E-state index contributed by atoms with van der Waals surface area (Å²) in [5, 5.41) is 0. The molecule has 1 nitrogen and oxygen atoms in total. The summed E-state index contributed by atoms with van der Waals surface area (Å²) >= 11 is 0. The first-order chi connectivity index (χ1) is 14.8. The van der Waals surface area contributed by atoms with Crippen molar-refractivity contribution >= 4 is 0 Å². The zero-order valence-electron chi connectivity index (χ0n) is 18.2. The molecule has 31 heavy (non-hydrogen) atoms. The second-order valence-electron chi connectivity index (χ2n) is 8.46. The number of aryl methyl sites for hydroxylation is 1. The highest BCUT2D eigenvalue weighted by Gasteiger charge is 2.27. The van der Waals surface area contributed by atoms with Gasteiger partial charge in [0.05, 0.1) is 6.61 Å². The number of halogens is 3. The van der Waals surface area contributed by atoms with Gasteiger partial charge in [-0.15, -0.1) is 0 Å². The second kappa shape index (κ2) is 10.0. The standard InChI is InChI=1S/C27H29F3O/c1-17(2)25(28)15-19(4)31-16-20-7-11-22(12-8-20)24-14-13-23(26(29)27(24)30)21-9-5-18(3)6-10-21/h5-6,9-10,13-15,20,22H,1,4,7-8,11-12,16H2,2-3H3/b25-15+. The largest absolute Gasteiger partial charge is 0.494 e. The zero-order valence-corrected chi connectivity index (χ0v) is 18.2. The molecule has 0 atom stereocenters. The first kappa shape index (κ1) is 22.9. The third-order valence-electron chi connectivity index (χ3n) is 5.96. The SMILES string of the molecule is C=C(/C=C(/F)C(=C)C)OCC1CCC(c2ccc(-c3ccc(C)cc3)c(F)c2F)CC1. The van der Waals surface area contributed by atoms with Crippen molar-refractivity contribution in [3.63, 3.8) is 0 Å². The highest BCUT2D eigenvalue weighted by molar-refractivity contribution is 5.65.